The molecule has 0 bridgehead atoms. The third-order valence-electron chi connectivity index (χ3n) is 3.38. The van der Waals surface area contributed by atoms with E-state index < -0.39 is 0 Å². The number of nitrogens with one attached hydrogen (secondary N) is 1. The van der Waals surface area contributed by atoms with Crippen LogP contribution in [0.25, 0.3) is 0 Å². The fourth-order valence-electron chi connectivity index (χ4n) is 2.02. The van der Waals surface area contributed by atoms with Gasteiger partial charge in [-0.25, -0.2) is 0 Å². The number of methoxy groups -OCH3 is 1. The van der Waals surface area contributed by atoms with Crippen molar-refractivity contribution in [1.29, 1.82) is 0 Å². The van der Waals surface area contributed by atoms with Crippen LogP contribution in [0, 0.1) is 5.92 Å². The molecule has 0 aliphatic heterocycles. The van der Waals surface area contributed by atoms with E-state index in [4.69, 9.17) is 10.5 Å². The van der Waals surface area contributed by atoms with E-state index in [2.05, 4.69) is 21.2 Å². The Balaban J connectivity index is 2.77. The number of ether oxygens (including phenoxy) is 1. The van der Waals surface area contributed by atoms with Gasteiger partial charge in [-0.1, -0.05) is 28.1 Å². The molecular weight excluding hydrogens is 332 g/mol. The second-order valence-corrected chi connectivity index (χ2v) is 6.81. The summed E-state index contributed by atoms with van der Waals surface area (Å²) in [6.45, 7) is 4.83. The van der Waals surface area contributed by atoms with Crippen LogP contribution in [-0.4, -0.2) is 31.7 Å². The maximum Gasteiger partial charge on any atom is 0.223 e. The molecule has 1 aromatic carbocycles. The minimum atomic E-state index is -0.389. The summed E-state index contributed by atoms with van der Waals surface area (Å²) in [6.07, 6.45) is 1.38. The summed E-state index contributed by atoms with van der Waals surface area (Å²) < 4.78 is 6.15. The molecule has 0 aliphatic carbocycles. The quantitative estimate of drug-likeness (QED) is 0.751. The first-order chi connectivity index (χ1) is 9.88. The third kappa shape index (κ3) is 6.59. The number of amides is 1. The van der Waals surface area contributed by atoms with Crippen LogP contribution < -0.4 is 11.1 Å². The van der Waals surface area contributed by atoms with E-state index in [1.807, 2.05) is 38.1 Å². The molecule has 1 unspecified atom stereocenters. The highest BCUT2D eigenvalue weighted by Gasteiger charge is 2.25. The monoisotopic (exact) mass is 356 g/mol. The Kier molecular flexibility index (Phi) is 7.35. The zero-order valence-electron chi connectivity index (χ0n) is 13.0. The maximum atomic E-state index is 12.5. The molecule has 1 aromatic rings. The van der Waals surface area contributed by atoms with Crippen LogP contribution in [0.1, 0.15) is 25.8 Å². The fraction of sp³-hybridized carbons (Fsp3) is 0.562. The molecule has 4 nitrogen and oxygen atoms in total. The Bertz CT molecular complexity index is 463. The summed E-state index contributed by atoms with van der Waals surface area (Å²) in [6, 6.07) is 8.03. The highest BCUT2D eigenvalue weighted by Crippen LogP contribution is 2.18. The Morgan fingerprint density at radius 3 is 2.76 bits per heavy atom. The average molecular weight is 357 g/mol. The molecule has 0 fully saturated rings. The Labute approximate surface area is 135 Å². The van der Waals surface area contributed by atoms with Crippen molar-refractivity contribution in [2.45, 2.75) is 32.2 Å². The lowest BCUT2D eigenvalue weighted by atomic mass is 9.94. The first kappa shape index (κ1) is 18.1. The maximum absolute atomic E-state index is 12.5. The predicted octanol–water partition coefficient (Wildman–Crippen LogP) is 2.50. The van der Waals surface area contributed by atoms with E-state index in [9.17, 15) is 4.79 Å². The number of carbonyl (C=O) groups is 1. The second-order valence-electron chi connectivity index (χ2n) is 5.89. The standard InChI is InChI=1S/C16H25BrN2O2/c1-16(2,11-18)19-15(20)13(7-8-21-3)9-12-5-4-6-14(17)10-12/h4-6,10,13H,7-9,11,18H2,1-3H3,(H,19,20). The van der Waals surface area contributed by atoms with Gasteiger partial charge in [-0.2, -0.15) is 0 Å². The number of hydrogen-bond acceptors (Lipinski definition) is 3. The lowest BCUT2D eigenvalue weighted by molar-refractivity contribution is -0.127. The zero-order valence-corrected chi connectivity index (χ0v) is 14.6. The van der Waals surface area contributed by atoms with Crippen molar-refractivity contribution >= 4 is 21.8 Å². The number of halogens is 1. The predicted molar refractivity (Wildman–Crippen MR) is 89.1 cm³/mol. The average Bonchev–Trinajstić information content (AvgIpc) is 2.43. The molecule has 21 heavy (non-hydrogen) atoms. The lowest BCUT2D eigenvalue weighted by Gasteiger charge is -2.27. The van der Waals surface area contributed by atoms with Crippen molar-refractivity contribution in [3.63, 3.8) is 0 Å². The largest absolute Gasteiger partial charge is 0.385 e. The van der Waals surface area contributed by atoms with Gasteiger partial charge in [0.1, 0.15) is 0 Å². The number of nitrogens with two attached hydrogens (primary N) is 1. The SMILES string of the molecule is COCCC(Cc1cccc(Br)c1)C(=O)NC(C)(C)CN. The summed E-state index contributed by atoms with van der Waals surface area (Å²) >= 11 is 3.46. The van der Waals surface area contributed by atoms with Gasteiger partial charge in [-0.3, -0.25) is 4.79 Å². The van der Waals surface area contributed by atoms with Crippen LogP contribution in [0.4, 0.5) is 0 Å². The molecule has 0 radical (unpaired) electrons. The molecule has 5 heteroatoms. The highest BCUT2D eigenvalue weighted by atomic mass is 79.9. The van der Waals surface area contributed by atoms with Crippen molar-refractivity contribution in [2.75, 3.05) is 20.3 Å². The topological polar surface area (TPSA) is 64.3 Å². The highest BCUT2D eigenvalue weighted by molar-refractivity contribution is 9.10. The van der Waals surface area contributed by atoms with E-state index in [1.165, 1.54) is 0 Å². The van der Waals surface area contributed by atoms with Crippen LogP contribution in [0.2, 0.25) is 0 Å². The van der Waals surface area contributed by atoms with Gasteiger partial charge in [0.05, 0.1) is 0 Å². The molecule has 0 spiro atoms. The molecular formula is C16H25BrN2O2. The minimum absolute atomic E-state index is 0.0301. The molecule has 1 rings (SSSR count). The van der Waals surface area contributed by atoms with E-state index in [0.29, 0.717) is 26.0 Å². The minimum Gasteiger partial charge on any atom is -0.385 e. The number of rotatable bonds is 8. The first-order valence-electron chi connectivity index (χ1n) is 7.13. The van der Waals surface area contributed by atoms with E-state index in [0.717, 1.165) is 10.0 Å². The van der Waals surface area contributed by atoms with Crippen LogP contribution in [0.5, 0.6) is 0 Å². The van der Waals surface area contributed by atoms with Crippen molar-refractivity contribution < 1.29 is 9.53 Å². The third-order valence-corrected chi connectivity index (χ3v) is 3.88. The summed E-state index contributed by atoms with van der Waals surface area (Å²) in [4.78, 5) is 12.5. The Morgan fingerprint density at radius 1 is 1.48 bits per heavy atom. The van der Waals surface area contributed by atoms with Gasteiger partial charge in [0.2, 0.25) is 5.91 Å². The van der Waals surface area contributed by atoms with Crippen molar-refractivity contribution in [2.24, 2.45) is 11.7 Å². The van der Waals surface area contributed by atoms with Crippen LogP contribution in [0.3, 0.4) is 0 Å². The van der Waals surface area contributed by atoms with Crippen LogP contribution >= 0.6 is 15.9 Å². The van der Waals surface area contributed by atoms with Gasteiger partial charge in [-0.05, 0) is 44.4 Å². The van der Waals surface area contributed by atoms with Crippen molar-refractivity contribution in [3.8, 4) is 0 Å². The second kappa shape index (κ2) is 8.51. The van der Waals surface area contributed by atoms with E-state index in [-0.39, 0.29) is 17.4 Å². The molecule has 118 valence electrons. The number of hydrogen-bond donors (Lipinski definition) is 2. The number of carbonyl (C=O) groups excluding carboxylic acids is 1. The fourth-order valence-corrected chi connectivity index (χ4v) is 2.47. The smallest absolute Gasteiger partial charge is 0.223 e. The molecule has 3 N–H and O–H groups in total. The van der Waals surface area contributed by atoms with Crippen molar-refractivity contribution in [3.05, 3.63) is 34.3 Å². The van der Waals surface area contributed by atoms with Gasteiger partial charge in [0, 0.05) is 36.2 Å². The van der Waals surface area contributed by atoms with E-state index >= 15 is 0 Å². The van der Waals surface area contributed by atoms with Gasteiger partial charge in [0.25, 0.3) is 0 Å². The Morgan fingerprint density at radius 2 is 2.19 bits per heavy atom. The molecule has 0 saturated heterocycles. The van der Waals surface area contributed by atoms with Gasteiger partial charge < -0.3 is 15.8 Å². The van der Waals surface area contributed by atoms with Crippen LogP contribution in [0.15, 0.2) is 28.7 Å². The molecule has 0 aromatic heterocycles. The van der Waals surface area contributed by atoms with Crippen molar-refractivity contribution in [1.82, 2.24) is 5.32 Å². The Hall–Kier alpha value is -0.910. The summed E-state index contributed by atoms with van der Waals surface area (Å²) in [7, 11) is 1.65. The first-order valence-corrected chi connectivity index (χ1v) is 7.92. The lowest BCUT2D eigenvalue weighted by Crippen LogP contribution is -2.51. The van der Waals surface area contributed by atoms with Crippen LogP contribution in [-0.2, 0) is 16.0 Å². The van der Waals surface area contributed by atoms with Gasteiger partial charge >= 0.3 is 0 Å². The molecule has 0 aliphatic rings. The van der Waals surface area contributed by atoms with Gasteiger partial charge in [0.15, 0.2) is 0 Å². The zero-order chi connectivity index (χ0) is 15.9. The summed E-state index contributed by atoms with van der Waals surface area (Å²) in [5, 5.41) is 3.02. The number of benzene rings is 1. The molecule has 1 atom stereocenters. The molecule has 1 amide bonds. The van der Waals surface area contributed by atoms with E-state index in [1.54, 1.807) is 7.11 Å². The molecule has 0 saturated carbocycles. The molecule has 0 heterocycles. The van der Waals surface area contributed by atoms with Gasteiger partial charge in [-0.15, -0.1) is 0 Å². The summed E-state index contributed by atoms with van der Waals surface area (Å²) in [5.74, 6) is -0.0902. The summed E-state index contributed by atoms with van der Waals surface area (Å²) in [5.41, 5.74) is 6.42. The normalized spacial score (nSPS) is 13.0.